The number of pyridine rings is 1. The van der Waals surface area contributed by atoms with Crippen LogP contribution in [0.4, 0.5) is 0 Å². The topological polar surface area (TPSA) is 57.5 Å². The number of nitrogens with zero attached hydrogens (tertiary/aromatic N) is 1. The molecule has 0 saturated heterocycles. The van der Waals surface area contributed by atoms with Crippen LogP contribution in [0.3, 0.4) is 0 Å². The van der Waals surface area contributed by atoms with Crippen LogP contribution in [0.15, 0.2) is 35.3 Å². The van der Waals surface area contributed by atoms with Crippen molar-refractivity contribution >= 4 is 16.7 Å². The highest BCUT2D eigenvalue weighted by Gasteiger charge is 2.32. The normalized spacial score (nSPS) is 11.7. The number of ether oxygens (including phenoxy) is 2. The van der Waals surface area contributed by atoms with Crippen LogP contribution in [0.1, 0.15) is 34.6 Å². The summed E-state index contributed by atoms with van der Waals surface area (Å²) in [5.74, 6) is 0.288. The molecule has 5 nitrogen and oxygen atoms in total. The van der Waals surface area contributed by atoms with Gasteiger partial charge in [0.2, 0.25) is 0 Å². The predicted octanol–water partition coefficient (Wildman–Crippen LogP) is 3.09. The molecule has 124 valence electrons. The van der Waals surface area contributed by atoms with Gasteiger partial charge >= 0.3 is 5.97 Å². The van der Waals surface area contributed by atoms with E-state index in [1.807, 2.05) is 26.0 Å². The Kier molecular flexibility index (Phi) is 4.78. The van der Waals surface area contributed by atoms with Gasteiger partial charge in [0.05, 0.1) is 12.7 Å². The highest BCUT2D eigenvalue weighted by atomic mass is 16.5. The summed E-state index contributed by atoms with van der Waals surface area (Å²) in [4.78, 5) is 24.9. The second-order valence-corrected chi connectivity index (χ2v) is 6.19. The Morgan fingerprint density at radius 2 is 1.96 bits per heavy atom. The van der Waals surface area contributed by atoms with Gasteiger partial charge in [0, 0.05) is 11.6 Å². The largest absolute Gasteiger partial charge is 0.491 e. The molecule has 2 aromatic rings. The molecule has 0 aliphatic carbocycles. The van der Waals surface area contributed by atoms with Crippen LogP contribution in [0, 0.1) is 0 Å². The predicted molar refractivity (Wildman–Crippen MR) is 89.9 cm³/mol. The molecular formula is C18H23NO4. The Morgan fingerprint density at radius 3 is 2.57 bits per heavy atom. The fraction of sp³-hybridized carbons (Fsp3) is 0.444. The lowest BCUT2D eigenvalue weighted by molar-refractivity contribution is -0.152. The van der Waals surface area contributed by atoms with E-state index in [1.54, 1.807) is 39.1 Å². The van der Waals surface area contributed by atoms with Crippen LogP contribution in [0.5, 0.6) is 5.75 Å². The molecule has 0 unspecified atom stereocenters. The van der Waals surface area contributed by atoms with Crippen molar-refractivity contribution in [1.82, 2.24) is 4.57 Å². The molecule has 0 fully saturated rings. The zero-order valence-corrected chi connectivity index (χ0v) is 14.3. The van der Waals surface area contributed by atoms with E-state index in [1.165, 1.54) is 4.57 Å². The third-order valence-electron chi connectivity index (χ3n) is 3.62. The molecule has 1 aromatic heterocycles. The fourth-order valence-electron chi connectivity index (χ4n) is 2.42. The monoisotopic (exact) mass is 317 g/mol. The SMILES string of the molecule is CCOC(=O)C(C)(C)n1ccc2cc(OC(C)C)ccc2c1=O. The Balaban J connectivity index is 2.51. The minimum atomic E-state index is -1.06. The van der Waals surface area contributed by atoms with Crippen LogP contribution in [0.2, 0.25) is 0 Å². The van der Waals surface area contributed by atoms with E-state index in [-0.39, 0.29) is 18.3 Å². The number of fused-ring (bicyclic) bond motifs is 1. The molecule has 2 rings (SSSR count). The summed E-state index contributed by atoms with van der Waals surface area (Å²) < 4.78 is 12.1. The first-order valence-electron chi connectivity index (χ1n) is 7.77. The highest BCUT2D eigenvalue weighted by molar-refractivity contribution is 5.84. The Hall–Kier alpha value is -2.30. The summed E-state index contributed by atoms with van der Waals surface area (Å²) in [7, 11) is 0. The molecule has 5 heteroatoms. The van der Waals surface area contributed by atoms with Gasteiger partial charge in [-0.25, -0.2) is 4.79 Å². The van der Waals surface area contributed by atoms with Gasteiger partial charge in [0.25, 0.3) is 5.56 Å². The number of carbonyl (C=O) groups excluding carboxylic acids is 1. The number of carbonyl (C=O) groups is 1. The first-order chi connectivity index (χ1) is 10.8. The van der Waals surface area contributed by atoms with E-state index in [0.29, 0.717) is 11.1 Å². The number of esters is 1. The second kappa shape index (κ2) is 6.44. The fourth-order valence-corrected chi connectivity index (χ4v) is 2.42. The smallest absolute Gasteiger partial charge is 0.331 e. The van der Waals surface area contributed by atoms with Gasteiger partial charge in [-0.05, 0) is 64.3 Å². The molecule has 0 spiro atoms. The summed E-state index contributed by atoms with van der Waals surface area (Å²) in [5, 5.41) is 1.32. The van der Waals surface area contributed by atoms with Gasteiger partial charge in [-0.1, -0.05) is 0 Å². The van der Waals surface area contributed by atoms with Gasteiger partial charge in [0.15, 0.2) is 0 Å². The molecule has 0 aliphatic rings. The van der Waals surface area contributed by atoms with Gasteiger partial charge < -0.3 is 9.47 Å². The highest BCUT2D eigenvalue weighted by Crippen LogP contribution is 2.22. The van der Waals surface area contributed by atoms with Crippen molar-refractivity contribution in [3.05, 3.63) is 40.8 Å². The second-order valence-electron chi connectivity index (χ2n) is 6.19. The van der Waals surface area contributed by atoms with Crippen LogP contribution in [-0.2, 0) is 15.1 Å². The molecular weight excluding hydrogens is 294 g/mol. The van der Waals surface area contributed by atoms with Crippen LogP contribution in [0.25, 0.3) is 10.8 Å². The molecule has 0 aliphatic heterocycles. The zero-order chi connectivity index (χ0) is 17.2. The maximum Gasteiger partial charge on any atom is 0.331 e. The van der Waals surface area contributed by atoms with Crippen LogP contribution in [-0.4, -0.2) is 23.2 Å². The van der Waals surface area contributed by atoms with Crippen molar-refractivity contribution in [3.8, 4) is 5.75 Å². The molecule has 0 bridgehead atoms. The molecule has 23 heavy (non-hydrogen) atoms. The molecule has 0 saturated carbocycles. The number of hydrogen-bond donors (Lipinski definition) is 0. The van der Waals surface area contributed by atoms with Gasteiger partial charge in [-0.3, -0.25) is 9.36 Å². The van der Waals surface area contributed by atoms with Crippen molar-refractivity contribution < 1.29 is 14.3 Å². The molecule has 0 radical (unpaired) electrons. The standard InChI is InChI=1S/C18H23NO4/c1-6-22-17(21)18(4,5)19-10-9-13-11-14(23-12(2)3)7-8-15(13)16(19)20/h7-12H,6H2,1-5H3. The van der Waals surface area contributed by atoms with Crippen molar-refractivity contribution in [2.45, 2.75) is 46.3 Å². The minimum Gasteiger partial charge on any atom is -0.491 e. The zero-order valence-electron chi connectivity index (χ0n) is 14.3. The molecule has 1 aromatic carbocycles. The Morgan fingerprint density at radius 1 is 1.26 bits per heavy atom. The first-order valence-corrected chi connectivity index (χ1v) is 7.77. The first kappa shape index (κ1) is 17.1. The third-order valence-corrected chi connectivity index (χ3v) is 3.62. The average Bonchev–Trinajstić information content (AvgIpc) is 2.46. The van der Waals surface area contributed by atoms with E-state index in [0.717, 1.165) is 5.39 Å². The van der Waals surface area contributed by atoms with Crippen molar-refractivity contribution in [2.75, 3.05) is 6.61 Å². The summed E-state index contributed by atoms with van der Waals surface area (Å²) >= 11 is 0. The summed E-state index contributed by atoms with van der Waals surface area (Å²) in [5.41, 5.74) is -1.29. The van der Waals surface area contributed by atoms with Crippen molar-refractivity contribution in [3.63, 3.8) is 0 Å². The quantitative estimate of drug-likeness (QED) is 0.795. The Labute approximate surface area is 135 Å². The lowest BCUT2D eigenvalue weighted by Crippen LogP contribution is -2.43. The van der Waals surface area contributed by atoms with Gasteiger partial charge in [-0.15, -0.1) is 0 Å². The van der Waals surface area contributed by atoms with E-state index in [9.17, 15) is 9.59 Å². The van der Waals surface area contributed by atoms with E-state index in [2.05, 4.69) is 0 Å². The van der Waals surface area contributed by atoms with Crippen molar-refractivity contribution in [2.24, 2.45) is 0 Å². The number of aromatic nitrogens is 1. The summed E-state index contributed by atoms with van der Waals surface area (Å²) in [6, 6.07) is 7.14. The van der Waals surface area contributed by atoms with Crippen molar-refractivity contribution in [1.29, 1.82) is 0 Å². The van der Waals surface area contributed by atoms with E-state index in [4.69, 9.17) is 9.47 Å². The number of hydrogen-bond acceptors (Lipinski definition) is 4. The van der Waals surface area contributed by atoms with E-state index >= 15 is 0 Å². The van der Waals surface area contributed by atoms with Crippen LogP contribution >= 0.6 is 0 Å². The molecule has 0 amide bonds. The maximum absolute atomic E-state index is 12.7. The average molecular weight is 317 g/mol. The van der Waals surface area contributed by atoms with Crippen LogP contribution < -0.4 is 10.3 Å². The van der Waals surface area contributed by atoms with Gasteiger partial charge in [-0.2, -0.15) is 0 Å². The lowest BCUT2D eigenvalue weighted by Gasteiger charge is -2.25. The lowest BCUT2D eigenvalue weighted by atomic mass is 10.0. The summed E-state index contributed by atoms with van der Waals surface area (Å²) in [6.45, 7) is 9.27. The minimum absolute atomic E-state index is 0.0653. The van der Waals surface area contributed by atoms with E-state index < -0.39 is 11.5 Å². The molecule has 0 N–H and O–H groups in total. The maximum atomic E-state index is 12.7. The number of benzene rings is 1. The molecule has 1 heterocycles. The third kappa shape index (κ3) is 3.38. The molecule has 0 atom stereocenters. The Bertz CT molecular complexity index is 774. The summed E-state index contributed by atoms with van der Waals surface area (Å²) in [6.07, 6.45) is 1.69. The van der Waals surface area contributed by atoms with Gasteiger partial charge in [0.1, 0.15) is 11.3 Å². The number of rotatable bonds is 5.